The van der Waals surface area contributed by atoms with Crippen LogP contribution in [0.5, 0.6) is 0 Å². The van der Waals surface area contributed by atoms with Crippen LogP contribution in [-0.4, -0.2) is 80.8 Å². The summed E-state index contributed by atoms with van der Waals surface area (Å²) in [5.41, 5.74) is 0.421. The largest absolute Gasteiger partial charge is 0.394 e. The number of aliphatic hydroxyl groups excluding tert-OH is 2. The Kier molecular flexibility index (Phi) is 8.16. The Hall–Kier alpha value is -3.36. The second-order valence-electron chi connectivity index (χ2n) is 10.7. The summed E-state index contributed by atoms with van der Waals surface area (Å²) in [5.74, 6) is -0.221. The second kappa shape index (κ2) is 11.4. The molecule has 1 fully saturated rings. The molecule has 12 nitrogen and oxygen atoms in total. The van der Waals surface area contributed by atoms with Crippen molar-refractivity contribution in [2.75, 3.05) is 19.7 Å². The van der Waals surface area contributed by atoms with Gasteiger partial charge >= 0.3 is 0 Å². The van der Waals surface area contributed by atoms with Crippen molar-refractivity contribution >= 4 is 43.7 Å². The molecule has 0 bridgehead atoms. The maximum absolute atomic E-state index is 13.6. The number of alkyl halides is 2. The minimum atomic E-state index is -4.22. The zero-order valence-electron chi connectivity index (χ0n) is 22.8. The minimum Gasteiger partial charge on any atom is -0.394 e. The fourth-order valence-electron chi connectivity index (χ4n) is 4.81. The van der Waals surface area contributed by atoms with E-state index in [2.05, 4.69) is 20.0 Å². The molecule has 3 N–H and O–H groups in total. The Morgan fingerprint density at radius 1 is 1.29 bits per heavy atom. The van der Waals surface area contributed by atoms with Crippen LogP contribution in [0.25, 0.3) is 27.2 Å². The lowest BCUT2D eigenvalue weighted by atomic mass is 9.96. The molecule has 1 aromatic carbocycles. The molecule has 224 valence electrons. The summed E-state index contributed by atoms with van der Waals surface area (Å²) in [6.07, 6.45) is -1.17. The van der Waals surface area contributed by atoms with Crippen LogP contribution in [0.3, 0.4) is 0 Å². The first-order valence-electron chi connectivity index (χ1n) is 13.3. The van der Waals surface area contributed by atoms with Gasteiger partial charge in [-0.15, -0.1) is 10.2 Å². The van der Waals surface area contributed by atoms with Crippen molar-refractivity contribution in [3.05, 3.63) is 28.8 Å². The molecule has 0 saturated heterocycles. The van der Waals surface area contributed by atoms with Crippen molar-refractivity contribution in [3.63, 3.8) is 0 Å². The van der Waals surface area contributed by atoms with E-state index >= 15 is 0 Å². The Morgan fingerprint density at radius 3 is 2.57 bits per heavy atom. The number of fused-ring (bicyclic) bond motifs is 1. The molecule has 3 heterocycles. The monoisotopic (exact) mass is 621 g/mol. The molecular formula is C26H29F2N7O5S2. The number of nitrogens with zero attached hydrogens (tertiary/aromatic N) is 6. The highest BCUT2D eigenvalue weighted by Gasteiger charge is 2.47. The van der Waals surface area contributed by atoms with E-state index in [1.165, 1.54) is 16.8 Å². The average molecular weight is 622 g/mol. The summed E-state index contributed by atoms with van der Waals surface area (Å²) >= 11 is 0.605. The summed E-state index contributed by atoms with van der Waals surface area (Å²) in [5, 5.41) is 41.0. The number of benzene rings is 1. The number of sulfonamides is 1. The van der Waals surface area contributed by atoms with E-state index in [0.717, 1.165) is 0 Å². The summed E-state index contributed by atoms with van der Waals surface area (Å²) in [7, 11) is -4.22. The van der Waals surface area contributed by atoms with Gasteiger partial charge in [-0.25, -0.2) is 17.2 Å². The third-order valence-corrected chi connectivity index (χ3v) is 9.66. The van der Waals surface area contributed by atoms with Crippen molar-refractivity contribution in [1.29, 1.82) is 5.26 Å². The third kappa shape index (κ3) is 5.79. The van der Waals surface area contributed by atoms with Gasteiger partial charge in [0.2, 0.25) is 15.9 Å². The molecule has 5 rings (SSSR count). The lowest BCUT2D eigenvalue weighted by Crippen LogP contribution is -2.37. The zero-order valence-corrected chi connectivity index (χ0v) is 24.4. The first-order chi connectivity index (χ1) is 19.9. The van der Waals surface area contributed by atoms with Crippen molar-refractivity contribution in [2.24, 2.45) is 5.92 Å². The summed E-state index contributed by atoms with van der Waals surface area (Å²) in [6, 6.07) is 4.79. The lowest BCUT2D eigenvalue weighted by Gasteiger charge is -2.28. The number of rotatable bonds is 10. The number of amides is 1. The van der Waals surface area contributed by atoms with E-state index in [0.29, 0.717) is 53.8 Å². The standard InChI is InChI=1S/C26H29F2N7O5S2/c1-14(2)25(38)34-7-3-15(4-8-34)18-9-17(42(39,40)33-26(13-29)5-6-26)10-19-20(23-30-31-24(41-23)22(27)28)32-35(21(18)19)11-16(37)12-36/h3,9-10,14,16,22,33,36-37H,4-8,11-12H2,1-2H3/t16-/m1/s1. The molecule has 1 amide bonds. The van der Waals surface area contributed by atoms with Gasteiger partial charge in [0.05, 0.1) is 35.7 Å². The molecule has 16 heteroatoms. The van der Waals surface area contributed by atoms with E-state index in [-0.39, 0.29) is 45.9 Å². The Balaban J connectivity index is 1.73. The third-order valence-electron chi connectivity index (χ3n) is 7.21. The van der Waals surface area contributed by atoms with Crippen LogP contribution in [-0.2, 0) is 21.4 Å². The molecule has 1 aliphatic heterocycles. The normalized spacial score (nSPS) is 17.5. The predicted molar refractivity (Wildman–Crippen MR) is 149 cm³/mol. The van der Waals surface area contributed by atoms with Crippen LogP contribution in [0, 0.1) is 17.2 Å². The number of aliphatic hydroxyl groups is 2. The van der Waals surface area contributed by atoms with Crippen LogP contribution in [0.1, 0.15) is 50.1 Å². The molecule has 1 saturated carbocycles. The number of carbonyl (C=O) groups is 1. The van der Waals surface area contributed by atoms with Gasteiger partial charge in [-0.1, -0.05) is 31.3 Å². The van der Waals surface area contributed by atoms with Gasteiger partial charge in [0.15, 0.2) is 10.0 Å². The molecule has 0 spiro atoms. The minimum absolute atomic E-state index is 0.0167. The van der Waals surface area contributed by atoms with Gasteiger partial charge in [0.25, 0.3) is 6.43 Å². The van der Waals surface area contributed by atoms with Crippen LogP contribution >= 0.6 is 11.3 Å². The highest BCUT2D eigenvalue weighted by atomic mass is 32.2. The second-order valence-corrected chi connectivity index (χ2v) is 13.4. The van der Waals surface area contributed by atoms with Crippen molar-refractivity contribution in [1.82, 2.24) is 29.6 Å². The number of nitrogens with one attached hydrogen (secondary N) is 1. The van der Waals surface area contributed by atoms with Gasteiger partial charge in [-0.3, -0.25) is 9.48 Å². The van der Waals surface area contributed by atoms with Gasteiger partial charge in [-0.2, -0.15) is 15.1 Å². The van der Waals surface area contributed by atoms with E-state index in [1.807, 2.05) is 12.1 Å². The first-order valence-corrected chi connectivity index (χ1v) is 15.6. The van der Waals surface area contributed by atoms with Gasteiger partial charge in [-0.05, 0) is 37.0 Å². The van der Waals surface area contributed by atoms with Crippen LogP contribution in [0.15, 0.2) is 23.1 Å². The molecule has 0 unspecified atom stereocenters. The molecule has 0 radical (unpaired) electrons. The maximum Gasteiger partial charge on any atom is 0.291 e. The Labute approximate surface area is 244 Å². The topological polar surface area (TPSA) is 174 Å². The predicted octanol–water partition coefficient (Wildman–Crippen LogP) is 2.45. The molecule has 42 heavy (non-hydrogen) atoms. The lowest BCUT2D eigenvalue weighted by molar-refractivity contribution is -0.134. The smallest absolute Gasteiger partial charge is 0.291 e. The summed E-state index contributed by atoms with van der Waals surface area (Å²) in [6.45, 7) is 3.51. The Bertz CT molecular complexity index is 1710. The van der Waals surface area contributed by atoms with E-state index in [1.54, 1.807) is 18.7 Å². The maximum atomic E-state index is 13.6. The zero-order chi connectivity index (χ0) is 30.4. The number of hydrogen-bond acceptors (Lipinski definition) is 10. The van der Waals surface area contributed by atoms with Crippen molar-refractivity contribution in [2.45, 2.75) is 62.6 Å². The first kappa shape index (κ1) is 30.1. The van der Waals surface area contributed by atoms with Gasteiger partial charge in [0.1, 0.15) is 11.2 Å². The molecule has 1 atom stereocenters. The number of hydrogen-bond donors (Lipinski definition) is 3. The average Bonchev–Trinajstić information content (AvgIpc) is 3.38. The van der Waals surface area contributed by atoms with E-state index in [4.69, 9.17) is 0 Å². The van der Waals surface area contributed by atoms with Crippen LogP contribution in [0.2, 0.25) is 0 Å². The highest BCUT2D eigenvalue weighted by Crippen LogP contribution is 2.40. The molecule has 3 aromatic rings. The summed E-state index contributed by atoms with van der Waals surface area (Å²) in [4.78, 5) is 14.1. The van der Waals surface area contributed by atoms with Crippen molar-refractivity contribution < 1.29 is 32.2 Å². The number of halogens is 2. The van der Waals surface area contributed by atoms with Crippen LogP contribution in [0.4, 0.5) is 8.78 Å². The number of aromatic nitrogens is 4. The number of nitriles is 1. The summed E-state index contributed by atoms with van der Waals surface area (Å²) < 4.78 is 57.7. The van der Waals surface area contributed by atoms with Gasteiger partial charge < -0.3 is 15.1 Å². The SMILES string of the molecule is CC(C)C(=O)N1CC=C(c2cc(S(=O)(=O)NC3(C#N)CC3)cc3c(-c4nnc(C(F)F)s4)nn(C[C@@H](O)CO)c23)CC1. The van der Waals surface area contributed by atoms with E-state index in [9.17, 15) is 37.5 Å². The van der Waals surface area contributed by atoms with Gasteiger partial charge in [0, 0.05) is 30.0 Å². The van der Waals surface area contributed by atoms with E-state index < -0.39 is 39.7 Å². The fraction of sp³-hybridized carbons (Fsp3) is 0.500. The number of carbonyl (C=O) groups excluding carboxylic acids is 1. The fourth-order valence-corrected chi connectivity index (χ4v) is 6.94. The molecular weight excluding hydrogens is 592 g/mol. The Morgan fingerprint density at radius 2 is 2.02 bits per heavy atom. The molecule has 1 aliphatic carbocycles. The van der Waals surface area contributed by atoms with Crippen molar-refractivity contribution in [3.8, 4) is 16.8 Å². The highest BCUT2D eigenvalue weighted by molar-refractivity contribution is 7.89. The quantitative estimate of drug-likeness (QED) is 0.307. The molecule has 2 aromatic heterocycles. The molecule has 2 aliphatic rings. The van der Waals surface area contributed by atoms with Crippen LogP contribution < -0.4 is 4.72 Å².